The van der Waals surface area contributed by atoms with Gasteiger partial charge in [-0.15, -0.1) is 11.3 Å². The van der Waals surface area contributed by atoms with Crippen LogP contribution >= 0.6 is 11.3 Å². The Kier molecular flexibility index (Phi) is 7.84. The van der Waals surface area contributed by atoms with Gasteiger partial charge >= 0.3 is 6.09 Å². The van der Waals surface area contributed by atoms with Gasteiger partial charge in [-0.05, 0) is 74.0 Å². The van der Waals surface area contributed by atoms with Gasteiger partial charge in [0.05, 0.1) is 16.9 Å². The van der Waals surface area contributed by atoms with Gasteiger partial charge in [-0.25, -0.2) is 19.7 Å². The number of hydrogen-bond acceptors (Lipinski definition) is 8. The maximum absolute atomic E-state index is 14.5. The minimum absolute atomic E-state index is 0.133. The fourth-order valence-corrected chi connectivity index (χ4v) is 5.83. The normalized spacial score (nSPS) is 12.3. The number of carbonyl (C=O) groups excluding carboxylic acids is 1. The SMILES string of the molecule is C[C@H](Nc1ncnc2scnc12)c1cc2cccc(-c3cccc(CNC(=O)OC(C)(C)C)c3)c2c(=O)n1-c1ccccc1. The number of pyridine rings is 1. The molecular formula is C34H32N6O3S. The predicted octanol–water partition coefficient (Wildman–Crippen LogP) is 7.26. The molecule has 6 aromatic rings. The lowest BCUT2D eigenvalue weighted by Crippen LogP contribution is -2.32. The van der Waals surface area contributed by atoms with Crippen LogP contribution in [0.25, 0.3) is 37.9 Å². The highest BCUT2D eigenvalue weighted by Crippen LogP contribution is 2.31. The molecule has 0 aliphatic rings. The first kappa shape index (κ1) is 29.0. The van der Waals surface area contributed by atoms with Gasteiger partial charge in [0.2, 0.25) is 0 Å². The number of ether oxygens (including phenoxy) is 1. The number of thiazole rings is 1. The number of aromatic nitrogens is 4. The lowest BCUT2D eigenvalue weighted by Gasteiger charge is -2.22. The van der Waals surface area contributed by atoms with Crippen molar-refractivity contribution < 1.29 is 9.53 Å². The number of para-hydroxylation sites is 1. The van der Waals surface area contributed by atoms with Crippen LogP contribution in [0.2, 0.25) is 0 Å². The third kappa shape index (κ3) is 6.02. The van der Waals surface area contributed by atoms with E-state index in [9.17, 15) is 9.59 Å². The highest BCUT2D eigenvalue weighted by molar-refractivity contribution is 7.16. The highest BCUT2D eigenvalue weighted by Gasteiger charge is 2.20. The summed E-state index contributed by atoms with van der Waals surface area (Å²) in [5.74, 6) is 0.612. The van der Waals surface area contributed by atoms with E-state index in [1.165, 1.54) is 17.7 Å². The number of alkyl carbamates (subject to hydrolysis) is 1. The van der Waals surface area contributed by atoms with Crippen molar-refractivity contribution in [1.29, 1.82) is 0 Å². The van der Waals surface area contributed by atoms with Crippen molar-refractivity contribution in [2.75, 3.05) is 5.32 Å². The standard InChI is InChI=1S/C34H32N6O3S/c1-21(39-30-29-31(37-19-36-30)44-20-38-29)27-17-24-12-9-15-26(28(24)32(41)40(27)25-13-6-5-7-14-25)23-11-8-10-22(16-23)18-35-33(42)43-34(2,3)4/h5-17,19-21H,18H2,1-4H3,(H,35,42)(H,36,37,39)/t21-/m0/s1. The zero-order valence-corrected chi connectivity index (χ0v) is 25.7. The molecule has 2 N–H and O–H groups in total. The average Bonchev–Trinajstić information content (AvgIpc) is 3.49. The Morgan fingerprint density at radius 1 is 0.977 bits per heavy atom. The number of carbonyl (C=O) groups is 1. The summed E-state index contributed by atoms with van der Waals surface area (Å²) in [5.41, 5.74) is 5.84. The van der Waals surface area contributed by atoms with E-state index in [0.29, 0.717) is 23.3 Å². The van der Waals surface area contributed by atoms with Crippen molar-refractivity contribution in [2.24, 2.45) is 0 Å². The molecule has 6 rings (SSSR count). The van der Waals surface area contributed by atoms with Crippen molar-refractivity contribution in [3.8, 4) is 16.8 Å². The summed E-state index contributed by atoms with van der Waals surface area (Å²) >= 11 is 1.45. The zero-order valence-electron chi connectivity index (χ0n) is 24.9. The van der Waals surface area contributed by atoms with Crippen LogP contribution < -0.4 is 16.2 Å². The van der Waals surface area contributed by atoms with Crippen LogP contribution in [0.4, 0.5) is 10.6 Å². The molecule has 9 nitrogen and oxygen atoms in total. The minimum atomic E-state index is -0.582. The van der Waals surface area contributed by atoms with E-state index in [4.69, 9.17) is 4.74 Å². The summed E-state index contributed by atoms with van der Waals surface area (Å²) in [7, 11) is 0. The second kappa shape index (κ2) is 11.9. The van der Waals surface area contributed by atoms with Crippen LogP contribution in [-0.2, 0) is 11.3 Å². The van der Waals surface area contributed by atoms with Crippen molar-refractivity contribution in [1.82, 2.24) is 24.8 Å². The van der Waals surface area contributed by atoms with Gasteiger partial charge in [0.15, 0.2) is 5.82 Å². The molecule has 0 bridgehead atoms. The van der Waals surface area contributed by atoms with E-state index in [0.717, 1.165) is 38.3 Å². The van der Waals surface area contributed by atoms with Gasteiger partial charge in [0.1, 0.15) is 22.3 Å². The number of hydrogen-bond donors (Lipinski definition) is 2. The number of amides is 1. The van der Waals surface area contributed by atoms with Crippen molar-refractivity contribution in [3.63, 3.8) is 0 Å². The van der Waals surface area contributed by atoms with Gasteiger partial charge < -0.3 is 15.4 Å². The molecule has 44 heavy (non-hydrogen) atoms. The molecule has 0 aliphatic heterocycles. The summed E-state index contributed by atoms with van der Waals surface area (Å²) in [6.45, 7) is 7.78. The van der Waals surface area contributed by atoms with Gasteiger partial charge in [-0.3, -0.25) is 9.36 Å². The van der Waals surface area contributed by atoms with Crippen LogP contribution in [0.5, 0.6) is 0 Å². The topological polar surface area (TPSA) is 111 Å². The molecule has 0 aliphatic carbocycles. The Hall–Kier alpha value is -5.09. The molecule has 1 amide bonds. The Balaban J connectivity index is 1.43. The molecule has 3 heterocycles. The van der Waals surface area contributed by atoms with Crippen molar-refractivity contribution in [3.05, 3.63) is 112 Å². The Morgan fingerprint density at radius 2 is 1.77 bits per heavy atom. The lowest BCUT2D eigenvalue weighted by atomic mass is 9.96. The van der Waals surface area contributed by atoms with Gasteiger partial charge in [-0.2, -0.15) is 0 Å². The first-order chi connectivity index (χ1) is 21.2. The number of anilines is 1. The number of benzene rings is 3. The van der Waals surface area contributed by atoms with Crippen LogP contribution in [0.15, 0.2) is 95.5 Å². The van der Waals surface area contributed by atoms with E-state index in [1.54, 1.807) is 10.1 Å². The Bertz CT molecular complexity index is 2030. The number of rotatable bonds is 7. The second-order valence-corrected chi connectivity index (χ2v) is 12.3. The smallest absolute Gasteiger partial charge is 0.407 e. The molecule has 222 valence electrons. The van der Waals surface area contributed by atoms with Crippen molar-refractivity contribution in [2.45, 2.75) is 45.9 Å². The molecule has 1 atom stereocenters. The second-order valence-electron chi connectivity index (χ2n) is 11.5. The summed E-state index contributed by atoms with van der Waals surface area (Å²) in [6, 6.07) is 25.1. The fourth-order valence-electron chi connectivity index (χ4n) is 5.20. The molecule has 0 radical (unpaired) electrons. The Labute approximate surface area is 258 Å². The monoisotopic (exact) mass is 604 g/mol. The average molecular weight is 605 g/mol. The molecule has 0 unspecified atom stereocenters. The maximum Gasteiger partial charge on any atom is 0.407 e. The molecule has 3 aromatic carbocycles. The molecule has 0 saturated carbocycles. The van der Waals surface area contributed by atoms with Crippen LogP contribution in [0.1, 0.15) is 45.0 Å². The third-order valence-corrected chi connectivity index (χ3v) is 7.83. The lowest BCUT2D eigenvalue weighted by molar-refractivity contribution is 0.0523. The van der Waals surface area contributed by atoms with Gasteiger partial charge in [0, 0.05) is 17.9 Å². The largest absolute Gasteiger partial charge is 0.444 e. The quantitative estimate of drug-likeness (QED) is 0.197. The molecule has 3 aromatic heterocycles. The number of fused-ring (bicyclic) bond motifs is 2. The van der Waals surface area contributed by atoms with E-state index in [2.05, 4.69) is 31.7 Å². The van der Waals surface area contributed by atoms with Gasteiger partial charge in [-0.1, -0.05) is 54.6 Å². The molecule has 0 saturated heterocycles. The maximum atomic E-state index is 14.5. The van der Waals surface area contributed by atoms with Gasteiger partial charge in [0.25, 0.3) is 5.56 Å². The van der Waals surface area contributed by atoms with E-state index < -0.39 is 11.7 Å². The summed E-state index contributed by atoms with van der Waals surface area (Å²) in [6.07, 6.45) is 1.04. The van der Waals surface area contributed by atoms with Crippen LogP contribution in [-0.4, -0.2) is 31.2 Å². The molecule has 0 fully saturated rings. The summed E-state index contributed by atoms with van der Waals surface area (Å²) in [5, 5.41) is 7.71. The Morgan fingerprint density at radius 3 is 2.57 bits per heavy atom. The van der Waals surface area contributed by atoms with Crippen LogP contribution in [0, 0.1) is 0 Å². The fraction of sp³-hybridized carbons (Fsp3) is 0.206. The zero-order chi connectivity index (χ0) is 30.8. The highest BCUT2D eigenvalue weighted by atomic mass is 32.1. The first-order valence-electron chi connectivity index (χ1n) is 14.3. The molecule has 0 spiro atoms. The van der Waals surface area contributed by atoms with E-state index in [1.807, 2.05) is 100 Å². The number of nitrogens with zero attached hydrogens (tertiary/aromatic N) is 4. The molecular weight excluding hydrogens is 572 g/mol. The number of nitrogens with one attached hydrogen (secondary N) is 2. The van der Waals surface area contributed by atoms with Crippen molar-refractivity contribution >= 4 is 44.4 Å². The van der Waals surface area contributed by atoms with E-state index in [-0.39, 0.29) is 11.6 Å². The first-order valence-corrected chi connectivity index (χ1v) is 15.2. The van der Waals surface area contributed by atoms with E-state index >= 15 is 0 Å². The summed E-state index contributed by atoms with van der Waals surface area (Å²) in [4.78, 5) is 40.7. The molecule has 10 heteroatoms. The predicted molar refractivity (Wildman–Crippen MR) is 175 cm³/mol. The third-order valence-electron chi connectivity index (χ3n) is 7.10. The summed E-state index contributed by atoms with van der Waals surface area (Å²) < 4.78 is 7.14. The van der Waals surface area contributed by atoms with Crippen LogP contribution in [0.3, 0.4) is 0 Å². The minimum Gasteiger partial charge on any atom is -0.444 e.